The molecule has 1 aromatic heterocycles. The number of amides is 2. The van der Waals surface area contributed by atoms with Crippen LogP contribution in [0.3, 0.4) is 0 Å². The van der Waals surface area contributed by atoms with Crippen molar-refractivity contribution in [3.8, 4) is 5.75 Å². The van der Waals surface area contributed by atoms with E-state index in [1.54, 1.807) is 30.4 Å². The first-order valence-corrected chi connectivity index (χ1v) is 8.80. The minimum Gasteiger partial charge on any atom is -0.496 e. The molecular formula is C19H22N2O4. The Morgan fingerprint density at radius 3 is 2.88 bits per heavy atom. The first kappa shape index (κ1) is 16.0. The summed E-state index contributed by atoms with van der Waals surface area (Å²) in [7, 11) is 1.58. The molecule has 2 fully saturated rings. The Kier molecular flexibility index (Phi) is 4.11. The lowest BCUT2D eigenvalue weighted by molar-refractivity contribution is -0.126. The van der Waals surface area contributed by atoms with E-state index in [4.69, 9.17) is 9.15 Å². The smallest absolute Gasteiger partial charge is 0.254 e. The highest BCUT2D eigenvalue weighted by Gasteiger charge is 2.32. The fourth-order valence-electron chi connectivity index (χ4n) is 3.44. The van der Waals surface area contributed by atoms with Gasteiger partial charge in [-0.2, -0.15) is 0 Å². The standard InChI is InChI=1S/C19H22N2O4/c1-24-16-9-13(10-17-15(16)6-8-25-17)19(23)21-7-2-3-12(11-21)18(22)20-14-4-5-14/h6,8-10,12,14H,2-5,7,11H2,1H3,(H,20,22)/t12-/m1/s1. The first-order chi connectivity index (χ1) is 12.2. The van der Waals surface area contributed by atoms with Crippen LogP contribution >= 0.6 is 0 Å². The molecule has 0 radical (unpaired) electrons. The quantitative estimate of drug-likeness (QED) is 0.927. The maximum Gasteiger partial charge on any atom is 0.254 e. The van der Waals surface area contributed by atoms with Crippen molar-refractivity contribution in [2.45, 2.75) is 31.7 Å². The molecule has 1 atom stereocenters. The summed E-state index contributed by atoms with van der Waals surface area (Å²) < 4.78 is 10.8. The molecule has 6 nitrogen and oxygen atoms in total. The van der Waals surface area contributed by atoms with Gasteiger partial charge in [0.1, 0.15) is 11.3 Å². The summed E-state index contributed by atoms with van der Waals surface area (Å²) in [4.78, 5) is 27.0. The SMILES string of the molecule is COc1cc(C(=O)N2CCC[C@@H](C(=O)NC3CC3)C2)cc2occc12. The highest BCUT2D eigenvalue weighted by atomic mass is 16.5. The number of rotatable bonds is 4. The molecule has 25 heavy (non-hydrogen) atoms. The number of fused-ring (bicyclic) bond motifs is 1. The molecule has 2 aliphatic rings. The summed E-state index contributed by atoms with van der Waals surface area (Å²) >= 11 is 0. The third-order valence-corrected chi connectivity index (χ3v) is 5.00. The Bertz CT molecular complexity index is 809. The number of ether oxygens (including phenoxy) is 1. The zero-order chi connectivity index (χ0) is 17.4. The van der Waals surface area contributed by atoms with Crippen molar-refractivity contribution >= 4 is 22.8 Å². The van der Waals surface area contributed by atoms with Crippen molar-refractivity contribution in [1.29, 1.82) is 0 Å². The predicted molar refractivity (Wildman–Crippen MR) is 92.6 cm³/mol. The second kappa shape index (κ2) is 6.43. The zero-order valence-corrected chi connectivity index (χ0v) is 14.3. The monoisotopic (exact) mass is 342 g/mol. The lowest BCUT2D eigenvalue weighted by atomic mass is 9.96. The highest BCUT2D eigenvalue weighted by Crippen LogP contribution is 2.30. The molecule has 1 aliphatic heterocycles. The number of furan rings is 1. The predicted octanol–water partition coefficient (Wildman–Crippen LogP) is 2.57. The molecule has 6 heteroatoms. The first-order valence-electron chi connectivity index (χ1n) is 8.80. The van der Waals surface area contributed by atoms with Crippen LogP contribution in [0.5, 0.6) is 5.75 Å². The van der Waals surface area contributed by atoms with Crippen LogP contribution < -0.4 is 10.1 Å². The Hall–Kier alpha value is -2.50. The second-order valence-corrected chi connectivity index (χ2v) is 6.88. The topological polar surface area (TPSA) is 71.8 Å². The average molecular weight is 342 g/mol. The number of nitrogens with one attached hydrogen (secondary N) is 1. The number of piperidine rings is 1. The fourth-order valence-corrected chi connectivity index (χ4v) is 3.44. The molecule has 1 aromatic carbocycles. The van der Waals surface area contributed by atoms with Crippen molar-refractivity contribution in [1.82, 2.24) is 10.2 Å². The van der Waals surface area contributed by atoms with Crippen molar-refractivity contribution in [2.24, 2.45) is 5.92 Å². The largest absolute Gasteiger partial charge is 0.496 e. The summed E-state index contributed by atoms with van der Waals surface area (Å²) in [6.07, 6.45) is 5.41. The average Bonchev–Trinajstić information content (AvgIpc) is 3.33. The van der Waals surface area contributed by atoms with Gasteiger partial charge < -0.3 is 19.4 Å². The molecular weight excluding hydrogens is 320 g/mol. The summed E-state index contributed by atoms with van der Waals surface area (Å²) in [5, 5.41) is 3.90. The molecule has 0 unspecified atom stereocenters. The maximum atomic E-state index is 12.9. The Labute approximate surface area is 146 Å². The van der Waals surface area contributed by atoms with Crippen LogP contribution in [0.1, 0.15) is 36.0 Å². The van der Waals surface area contributed by atoms with Crippen LogP contribution in [0.4, 0.5) is 0 Å². The third-order valence-electron chi connectivity index (χ3n) is 5.00. The molecule has 1 saturated heterocycles. The number of carbonyl (C=O) groups excluding carboxylic acids is 2. The van der Waals surface area contributed by atoms with Crippen LogP contribution in [-0.2, 0) is 4.79 Å². The van der Waals surface area contributed by atoms with E-state index in [9.17, 15) is 9.59 Å². The number of likely N-dealkylation sites (tertiary alicyclic amines) is 1. The normalized spacial score (nSPS) is 20.5. The number of benzene rings is 1. The van der Waals surface area contributed by atoms with Crippen LogP contribution in [0.15, 0.2) is 28.9 Å². The van der Waals surface area contributed by atoms with Crippen molar-refractivity contribution in [3.63, 3.8) is 0 Å². The van der Waals surface area contributed by atoms with Crippen molar-refractivity contribution in [2.75, 3.05) is 20.2 Å². The lowest BCUT2D eigenvalue weighted by Gasteiger charge is -2.32. The van der Waals surface area contributed by atoms with Crippen LogP contribution in [0.25, 0.3) is 11.0 Å². The van der Waals surface area contributed by atoms with Crippen LogP contribution in [0, 0.1) is 5.92 Å². The molecule has 132 valence electrons. The zero-order valence-electron chi connectivity index (χ0n) is 14.3. The van der Waals surface area contributed by atoms with E-state index in [1.807, 2.05) is 6.07 Å². The van der Waals surface area contributed by atoms with Gasteiger partial charge in [-0.3, -0.25) is 9.59 Å². The van der Waals surface area contributed by atoms with E-state index < -0.39 is 0 Å². The number of carbonyl (C=O) groups is 2. The molecule has 4 rings (SSSR count). The van der Waals surface area contributed by atoms with E-state index in [1.165, 1.54) is 0 Å². The van der Waals surface area contributed by atoms with E-state index in [0.29, 0.717) is 36.0 Å². The molecule has 2 amide bonds. The van der Waals surface area contributed by atoms with Gasteiger partial charge in [0.05, 0.1) is 24.7 Å². The van der Waals surface area contributed by atoms with Crippen LogP contribution in [-0.4, -0.2) is 43.0 Å². The van der Waals surface area contributed by atoms with Gasteiger partial charge in [0.15, 0.2) is 0 Å². The number of hydrogen-bond donors (Lipinski definition) is 1. The molecule has 2 aromatic rings. The highest BCUT2D eigenvalue weighted by molar-refractivity contribution is 5.99. The molecule has 1 N–H and O–H groups in total. The van der Waals surface area contributed by atoms with Gasteiger partial charge in [0, 0.05) is 24.7 Å². The second-order valence-electron chi connectivity index (χ2n) is 6.88. The number of nitrogens with zero attached hydrogens (tertiary/aromatic N) is 1. The van der Waals surface area contributed by atoms with Gasteiger partial charge in [-0.05, 0) is 43.9 Å². The number of hydrogen-bond acceptors (Lipinski definition) is 4. The summed E-state index contributed by atoms with van der Waals surface area (Å²) in [5.74, 6) is 0.502. The van der Waals surface area contributed by atoms with Gasteiger partial charge in [-0.1, -0.05) is 0 Å². The maximum absolute atomic E-state index is 12.9. The van der Waals surface area contributed by atoms with E-state index in [0.717, 1.165) is 31.1 Å². The molecule has 0 spiro atoms. The lowest BCUT2D eigenvalue weighted by Crippen LogP contribution is -2.45. The van der Waals surface area contributed by atoms with Gasteiger partial charge in [0.2, 0.25) is 5.91 Å². The summed E-state index contributed by atoms with van der Waals surface area (Å²) in [6.45, 7) is 1.14. The van der Waals surface area contributed by atoms with Crippen molar-refractivity contribution in [3.05, 3.63) is 30.0 Å². The van der Waals surface area contributed by atoms with Gasteiger partial charge in [-0.15, -0.1) is 0 Å². The third kappa shape index (κ3) is 3.21. The molecule has 0 bridgehead atoms. The van der Waals surface area contributed by atoms with E-state index >= 15 is 0 Å². The van der Waals surface area contributed by atoms with Gasteiger partial charge >= 0.3 is 0 Å². The Morgan fingerprint density at radius 1 is 1.28 bits per heavy atom. The summed E-state index contributed by atoms with van der Waals surface area (Å²) in [6, 6.07) is 5.66. The molecule has 2 heterocycles. The van der Waals surface area contributed by atoms with Crippen LogP contribution in [0.2, 0.25) is 0 Å². The van der Waals surface area contributed by atoms with Gasteiger partial charge in [0.25, 0.3) is 5.91 Å². The molecule has 1 saturated carbocycles. The molecule has 1 aliphatic carbocycles. The minimum atomic E-state index is -0.118. The van der Waals surface area contributed by atoms with Gasteiger partial charge in [-0.25, -0.2) is 0 Å². The van der Waals surface area contributed by atoms with E-state index in [2.05, 4.69) is 5.32 Å². The fraction of sp³-hybridized carbons (Fsp3) is 0.474. The number of methoxy groups -OCH3 is 1. The summed E-state index contributed by atoms with van der Waals surface area (Å²) in [5.41, 5.74) is 1.16. The minimum absolute atomic E-state index is 0.0825. The van der Waals surface area contributed by atoms with Crippen molar-refractivity contribution < 1.29 is 18.7 Å². The Balaban J connectivity index is 1.52. The Morgan fingerprint density at radius 2 is 2.12 bits per heavy atom. The van der Waals surface area contributed by atoms with E-state index in [-0.39, 0.29) is 17.7 Å².